The van der Waals surface area contributed by atoms with Crippen molar-refractivity contribution < 1.29 is 18.3 Å². The Morgan fingerprint density at radius 3 is 2.19 bits per heavy atom. The Hall–Kier alpha value is -2.72. The molecule has 4 rings (SSSR count). The zero-order valence-corrected chi connectivity index (χ0v) is 18.7. The molecule has 0 saturated carbocycles. The van der Waals surface area contributed by atoms with Crippen LogP contribution in [0, 0.1) is 11.6 Å². The molecule has 0 amide bonds. The van der Waals surface area contributed by atoms with Crippen molar-refractivity contribution in [3.63, 3.8) is 0 Å². The summed E-state index contributed by atoms with van der Waals surface area (Å²) in [5, 5.41) is 0. The number of hydrogen-bond acceptors (Lipinski definition) is 2. The standard InChI is InChI=1S/C28H30F2O2/c1-3-5-19-6-8-22(9-7-19)25-16-14-23(18-32-25)20-10-12-21(13-11-20)24-15-17-26(31-4-2)28(30)27(24)29/h6-13,15,17,23,25H,3-5,14,16,18H2,1-2H3. The fourth-order valence-electron chi connectivity index (χ4n) is 4.42. The first-order valence-electron chi connectivity index (χ1n) is 11.5. The quantitative estimate of drug-likeness (QED) is 0.379. The van der Waals surface area contributed by atoms with Gasteiger partial charge in [0.2, 0.25) is 5.82 Å². The Kier molecular flexibility index (Phi) is 7.21. The molecule has 168 valence electrons. The van der Waals surface area contributed by atoms with Crippen LogP contribution in [0.4, 0.5) is 8.78 Å². The van der Waals surface area contributed by atoms with Crippen LogP contribution in [0.3, 0.4) is 0 Å². The van der Waals surface area contributed by atoms with Crippen LogP contribution in [0.2, 0.25) is 0 Å². The molecule has 1 heterocycles. The first kappa shape index (κ1) is 22.5. The lowest BCUT2D eigenvalue weighted by Crippen LogP contribution is -2.19. The minimum Gasteiger partial charge on any atom is -0.491 e. The van der Waals surface area contributed by atoms with Crippen molar-refractivity contribution in [3.8, 4) is 16.9 Å². The van der Waals surface area contributed by atoms with E-state index >= 15 is 0 Å². The second kappa shape index (κ2) is 10.3. The van der Waals surface area contributed by atoms with Crippen LogP contribution >= 0.6 is 0 Å². The van der Waals surface area contributed by atoms with Gasteiger partial charge < -0.3 is 9.47 Å². The second-order valence-electron chi connectivity index (χ2n) is 8.38. The Labute approximate surface area is 189 Å². The first-order chi connectivity index (χ1) is 15.6. The highest BCUT2D eigenvalue weighted by atomic mass is 19.2. The van der Waals surface area contributed by atoms with Crippen LogP contribution in [-0.4, -0.2) is 13.2 Å². The summed E-state index contributed by atoms with van der Waals surface area (Å²) in [4.78, 5) is 0. The van der Waals surface area contributed by atoms with Crippen LogP contribution < -0.4 is 4.74 Å². The van der Waals surface area contributed by atoms with Crippen molar-refractivity contribution >= 4 is 0 Å². The van der Waals surface area contributed by atoms with Crippen LogP contribution in [0.25, 0.3) is 11.1 Å². The van der Waals surface area contributed by atoms with Crippen LogP contribution in [0.1, 0.15) is 61.8 Å². The summed E-state index contributed by atoms with van der Waals surface area (Å²) in [7, 11) is 0. The highest BCUT2D eigenvalue weighted by molar-refractivity contribution is 5.65. The molecule has 1 aliphatic rings. The minimum absolute atomic E-state index is 0.0562. The van der Waals surface area contributed by atoms with Gasteiger partial charge in [-0.2, -0.15) is 4.39 Å². The van der Waals surface area contributed by atoms with Gasteiger partial charge in [0, 0.05) is 11.5 Å². The number of benzene rings is 3. The lowest BCUT2D eigenvalue weighted by Gasteiger charge is -2.30. The van der Waals surface area contributed by atoms with Gasteiger partial charge >= 0.3 is 0 Å². The lowest BCUT2D eigenvalue weighted by atomic mass is 9.88. The molecule has 3 aromatic carbocycles. The smallest absolute Gasteiger partial charge is 0.201 e. The summed E-state index contributed by atoms with van der Waals surface area (Å²) in [6.45, 7) is 4.88. The minimum atomic E-state index is -0.942. The van der Waals surface area contributed by atoms with E-state index in [1.165, 1.54) is 17.2 Å². The molecule has 0 bridgehead atoms. The van der Waals surface area contributed by atoms with E-state index in [9.17, 15) is 8.78 Å². The highest BCUT2D eigenvalue weighted by Crippen LogP contribution is 2.37. The number of hydrogen-bond donors (Lipinski definition) is 0. The molecule has 1 fully saturated rings. The Balaban J connectivity index is 1.41. The van der Waals surface area contributed by atoms with Crippen molar-refractivity contribution in [1.82, 2.24) is 0 Å². The molecule has 2 nitrogen and oxygen atoms in total. The molecule has 3 aromatic rings. The molecule has 1 saturated heterocycles. The molecule has 32 heavy (non-hydrogen) atoms. The van der Waals surface area contributed by atoms with Gasteiger partial charge in [0.25, 0.3) is 0 Å². The van der Waals surface area contributed by atoms with Gasteiger partial charge in [-0.25, -0.2) is 4.39 Å². The van der Waals surface area contributed by atoms with E-state index in [0.29, 0.717) is 24.7 Å². The zero-order valence-electron chi connectivity index (χ0n) is 18.7. The van der Waals surface area contributed by atoms with Gasteiger partial charge in [-0.05, 0) is 60.6 Å². The Bertz CT molecular complexity index is 1020. The van der Waals surface area contributed by atoms with Crippen molar-refractivity contribution in [3.05, 3.63) is 89.0 Å². The average molecular weight is 437 g/mol. The molecule has 4 heteroatoms. The van der Waals surface area contributed by atoms with Crippen molar-refractivity contribution in [2.24, 2.45) is 0 Å². The van der Waals surface area contributed by atoms with Crippen molar-refractivity contribution in [2.45, 2.75) is 51.6 Å². The van der Waals surface area contributed by atoms with Crippen LogP contribution in [-0.2, 0) is 11.2 Å². The SMILES string of the molecule is CCCc1ccc(C2CCC(c3ccc(-c4ccc(OCC)c(F)c4F)cc3)CO2)cc1. The lowest BCUT2D eigenvalue weighted by molar-refractivity contribution is 0.00237. The molecule has 2 atom stereocenters. The van der Waals surface area contributed by atoms with Crippen molar-refractivity contribution in [1.29, 1.82) is 0 Å². The van der Waals surface area contributed by atoms with E-state index in [1.807, 2.05) is 24.3 Å². The van der Waals surface area contributed by atoms with E-state index in [0.717, 1.165) is 31.2 Å². The van der Waals surface area contributed by atoms with Gasteiger partial charge in [-0.1, -0.05) is 61.9 Å². The molecule has 2 unspecified atom stereocenters. The van der Waals surface area contributed by atoms with E-state index in [-0.39, 0.29) is 17.4 Å². The van der Waals surface area contributed by atoms with E-state index in [4.69, 9.17) is 9.47 Å². The third kappa shape index (κ3) is 4.86. The third-order valence-corrected chi connectivity index (χ3v) is 6.21. The highest BCUT2D eigenvalue weighted by Gasteiger charge is 2.24. The molecule has 1 aliphatic heterocycles. The number of rotatable bonds is 7. The van der Waals surface area contributed by atoms with Gasteiger partial charge in [0.05, 0.1) is 19.3 Å². The maximum atomic E-state index is 14.5. The molecule has 0 aromatic heterocycles. The van der Waals surface area contributed by atoms with Gasteiger partial charge in [-0.15, -0.1) is 0 Å². The average Bonchev–Trinajstić information content (AvgIpc) is 2.83. The van der Waals surface area contributed by atoms with Crippen LogP contribution in [0.15, 0.2) is 60.7 Å². The Morgan fingerprint density at radius 2 is 1.56 bits per heavy atom. The fraction of sp³-hybridized carbons (Fsp3) is 0.357. The largest absolute Gasteiger partial charge is 0.491 e. The zero-order chi connectivity index (χ0) is 22.5. The summed E-state index contributed by atoms with van der Waals surface area (Å²) in [5.74, 6) is -1.57. The monoisotopic (exact) mass is 436 g/mol. The van der Waals surface area contributed by atoms with E-state index < -0.39 is 11.6 Å². The summed E-state index contributed by atoms with van der Waals surface area (Å²) in [5.41, 5.74) is 4.66. The van der Waals surface area contributed by atoms with Crippen LogP contribution in [0.5, 0.6) is 5.75 Å². The second-order valence-corrected chi connectivity index (χ2v) is 8.38. The predicted octanol–water partition coefficient (Wildman–Crippen LogP) is 7.62. The maximum Gasteiger partial charge on any atom is 0.201 e. The number of ether oxygens (including phenoxy) is 2. The summed E-state index contributed by atoms with van der Waals surface area (Å²) < 4.78 is 40.1. The van der Waals surface area contributed by atoms with E-state index in [2.05, 4.69) is 31.2 Å². The Morgan fingerprint density at radius 1 is 0.844 bits per heavy atom. The first-order valence-corrected chi connectivity index (χ1v) is 11.5. The van der Waals surface area contributed by atoms with Gasteiger partial charge in [0.1, 0.15) is 0 Å². The molecule has 0 radical (unpaired) electrons. The molecule has 0 spiro atoms. The molecule has 0 N–H and O–H groups in total. The number of aryl methyl sites for hydroxylation is 1. The summed E-state index contributed by atoms with van der Waals surface area (Å²) in [6, 6.07) is 19.5. The van der Waals surface area contributed by atoms with E-state index in [1.54, 1.807) is 13.0 Å². The molecular weight excluding hydrogens is 406 g/mol. The number of halogens is 2. The third-order valence-electron chi connectivity index (χ3n) is 6.21. The normalized spacial score (nSPS) is 18.5. The van der Waals surface area contributed by atoms with Gasteiger partial charge in [-0.3, -0.25) is 0 Å². The predicted molar refractivity (Wildman–Crippen MR) is 124 cm³/mol. The topological polar surface area (TPSA) is 18.5 Å². The van der Waals surface area contributed by atoms with Crippen molar-refractivity contribution in [2.75, 3.05) is 13.2 Å². The molecule has 0 aliphatic carbocycles. The van der Waals surface area contributed by atoms with Gasteiger partial charge in [0.15, 0.2) is 11.6 Å². The fourth-order valence-corrected chi connectivity index (χ4v) is 4.42. The maximum absolute atomic E-state index is 14.5. The summed E-state index contributed by atoms with van der Waals surface area (Å²) >= 11 is 0. The molecular formula is C28H30F2O2. The summed E-state index contributed by atoms with van der Waals surface area (Å²) in [6.07, 6.45) is 4.41.